The number of aliphatic imine (C=N–C) groups is 1. The number of hydrogen-bond acceptors (Lipinski definition) is 4. The van der Waals surface area contributed by atoms with Crippen molar-refractivity contribution in [3.8, 4) is 22.3 Å². The Kier molecular flexibility index (Phi) is 6.31. The molecule has 37 heavy (non-hydrogen) atoms. The fourth-order valence-electron chi connectivity index (χ4n) is 4.34. The number of thioether (sulfide) groups is 1. The molecule has 2 heterocycles. The standard InChI is InChI=1S/C31H20ClN3OS/c32-26-13-7-12-24(22-10-5-2-6-11-22)29(26)34-31-35-30(36)28(37-31)19-20-14-15-27-25(18-20)23(16-17-33-27)21-8-3-1-4-9-21/h1-19H,(H,34,35,36). The number of fused-ring (bicyclic) bond motifs is 1. The van der Waals surface area contributed by atoms with Crippen molar-refractivity contribution in [2.24, 2.45) is 4.99 Å². The van der Waals surface area contributed by atoms with E-state index in [0.29, 0.717) is 20.8 Å². The van der Waals surface area contributed by atoms with E-state index in [1.807, 2.05) is 91.1 Å². The molecule has 1 aliphatic heterocycles. The molecule has 1 fully saturated rings. The molecule has 1 saturated heterocycles. The van der Waals surface area contributed by atoms with Crippen LogP contribution in [0.1, 0.15) is 5.56 Å². The van der Waals surface area contributed by atoms with E-state index in [4.69, 9.17) is 16.6 Å². The number of carbonyl (C=O) groups is 1. The molecule has 0 spiro atoms. The summed E-state index contributed by atoms with van der Waals surface area (Å²) in [4.78, 5) is 22.7. The summed E-state index contributed by atoms with van der Waals surface area (Å²) in [5.74, 6) is -0.188. The molecule has 178 valence electrons. The quantitative estimate of drug-likeness (QED) is 0.245. The van der Waals surface area contributed by atoms with E-state index in [-0.39, 0.29) is 5.91 Å². The van der Waals surface area contributed by atoms with Gasteiger partial charge in [-0.15, -0.1) is 0 Å². The molecule has 5 aromatic rings. The highest BCUT2D eigenvalue weighted by Crippen LogP contribution is 2.38. The molecule has 0 unspecified atom stereocenters. The first-order chi connectivity index (χ1) is 18.2. The van der Waals surface area contributed by atoms with Crippen LogP contribution in [0, 0.1) is 0 Å². The van der Waals surface area contributed by atoms with E-state index >= 15 is 0 Å². The lowest BCUT2D eigenvalue weighted by Crippen LogP contribution is -2.19. The summed E-state index contributed by atoms with van der Waals surface area (Å²) in [6.45, 7) is 0. The Labute approximate surface area is 223 Å². The first-order valence-electron chi connectivity index (χ1n) is 11.7. The van der Waals surface area contributed by atoms with Gasteiger partial charge in [0.1, 0.15) is 0 Å². The van der Waals surface area contributed by atoms with Crippen LogP contribution in [-0.4, -0.2) is 16.1 Å². The first kappa shape index (κ1) is 23.2. The highest BCUT2D eigenvalue weighted by Gasteiger charge is 2.25. The van der Waals surface area contributed by atoms with Crippen LogP contribution in [0.2, 0.25) is 5.02 Å². The molecule has 0 aliphatic carbocycles. The van der Waals surface area contributed by atoms with Gasteiger partial charge in [0.15, 0.2) is 5.17 Å². The van der Waals surface area contributed by atoms with Crippen molar-refractivity contribution < 1.29 is 4.79 Å². The SMILES string of the molecule is O=C1NC(=Nc2c(Cl)cccc2-c2ccccc2)SC1=Cc1ccc2nccc(-c3ccccc3)c2c1. The molecular formula is C31H20ClN3OS. The van der Waals surface area contributed by atoms with Gasteiger partial charge in [-0.1, -0.05) is 90.5 Å². The van der Waals surface area contributed by atoms with Gasteiger partial charge in [0.25, 0.3) is 5.91 Å². The summed E-state index contributed by atoms with van der Waals surface area (Å²) < 4.78 is 0. The summed E-state index contributed by atoms with van der Waals surface area (Å²) in [6.07, 6.45) is 3.71. The minimum absolute atomic E-state index is 0.188. The average Bonchev–Trinajstić information content (AvgIpc) is 3.28. The van der Waals surface area contributed by atoms with Crippen LogP contribution in [0.3, 0.4) is 0 Å². The maximum atomic E-state index is 12.8. The van der Waals surface area contributed by atoms with E-state index < -0.39 is 0 Å². The van der Waals surface area contributed by atoms with Crippen LogP contribution in [0.4, 0.5) is 5.69 Å². The van der Waals surface area contributed by atoms with E-state index in [2.05, 4.69) is 28.5 Å². The average molecular weight is 518 g/mol. The maximum absolute atomic E-state index is 12.8. The third kappa shape index (κ3) is 4.79. The number of halogens is 1. The number of benzene rings is 4. The number of nitrogens with zero attached hydrogens (tertiary/aromatic N) is 2. The van der Waals surface area contributed by atoms with E-state index in [9.17, 15) is 4.79 Å². The second-order valence-corrected chi connectivity index (χ2v) is 9.92. The van der Waals surface area contributed by atoms with Gasteiger partial charge >= 0.3 is 0 Å². The lowest BCUT2D eigenvalue weighted by molar-refractivity contribution is -0.115. The van der Waals surface area contributed by atoms with Gasteiger partial charge in [-0.2, -0.15) is 0 Å². The third-order valence-electron chi connectivity index (χ3n) is 6.08. The maximum Gasteiger partial charge on any atom is 0.264 e. The second-order valence-electron chi connectivity index (χ2n) is 8.48. The van der Waals surface area contributed by atoms with Crippen molar-refractivity contribution in [1.82, 2.24) is 10.3 Å². The van der Waals surface area contributed by atoms with Gasteiger partial charge in [0.05, 0.1) is 21.1 Å². The number of amidine groups is 1. The lowest BCUT2D eigenvalue weighted by Gasteiger charge is -2.08. The van der Waals surface area contributed by atoms with Crippen molar-refractivity contribution >= 4 is 57.1 Å². The van der Waals surface area contributed by atoms with Crippen LogP contribution in [0.25, 0.3) is 39.2 Å². The predicted molar refractivity (Wildman–Crippen MR) is 155 cm³/mol. The van der Waals surface area contributed by atoms with Crippen LogP contribution in [-0.2, 0) is 4.79 Å². The van der Waals surface area contributed by atoms with E-state index in [1.54, 1.807) is 6.07 Å². The number of amides is 1. The largest absolute Gasteiger partial charge is 0.300 e. The Morgan fingerprint density at radius 1 is 0.811 bits per heavy atom. The fraction of sp³-hybridized carbons (Fsp3) is 0. The monoisotopic (exact) mass is 517 g/mol. The summed E-state index contributed by atoms with van der Waals surface area (Å²) in [5, 5.41) is 4.94. The number of nitrogens with one attached hydrogen (secondary N) is 1. The Hall–Kier alpha value is -4.19. The summed E-state index contributed by atoms with van der Waals surface area (Å²) in [6, 6.07) is 33.9. The Bertz CT molecular complexity index is 1700. The minimum atomic E-state index is -0.188. The van der Waals surface area contributed by atoms with Crippen molar-refractivity contribution in [3.63, 3.8) is 0 Å². The molecule has 4 nitrogen and oxygen atoms in total. The summed E-state index contributed by atoms with van der Waals surface area (Å²) in [7, 11) is 0. The van der Waals surface area contributed by atoms with Crippen LogP contribution >= 0.6 is 23.4 Å². The zero-order chi connectivity index (χ0) is 25.2. The van der Waals surface area contributed by atoms with Crippen molar-refractivity contribution in [3.05, 3.63) is 125 Å². The number of pyridine rings is 1. The molecular weight excluding hydrogens is 498 g/mol. The van der Waals surface area contributed by atoms with Gasteiger partial charge in [0, 0.05) is 17.1 Å². The number of carbonyl (C=O) groups excluding carboxylic acids is 1. The van der Waals surface area contributed by atoms with Crippen LogP contribution in [0.15, 0.2) is 119 Å². The van der Waals surface area contributed by atoms with Gasteiger partial charge < -0.3 is 5.32 Å². The Morgan fingerprint density at radius 3 is 2.30 bits per heavy atom. The van der Waals surface area contributed by atoms with Gasteiger partial charge in [-0.3, -0.25) is 9.78 Å². The zero-order valence-corrected chi connectivity index (χ0v) is 21.1. The first-order valence-corrected chi connectivity index (χ1v) is 12.9. The molecule has 1 N–H and O–H groups in total. The zero-order valence-electron chi connectivity index (χ0n) is 19.6. The number of rotatable bonds is 4. The smallest absolute Gasteiger partial charge is 0.264 e. The molecule has 0 radical (unpaired) electrons. The van der Waals surface area contributed by atoms with Crippen molar-refractivity contribution in [2.75, 3.05) is 0 Å². The van der Waals surface area contributed by atoms with Gasteiger partial charge in [-0.05, 0) is 64.4 Å². The molecule has 1 aromatic heterocycles. The molecule has 6 rings (SSSR count). The normalized spacial score (nSPS) is 15.4. The van der Waals surface area contributed by atoms with Crippen LogP contribution < -0.4 is 5.32 Å². The van der Waals surface area contributed by atoms with Crippen molar-refractivity contribution in [2.45, 2.75) is 0 Å². The summed E-state index contributed by atoms with van der Waals surface area (Å²) >= 11 is 7.83. The van der Waals surface area contributed by atoms with E-state index in [1.165, 1.54) is 11.8 Å². The summed E-state index contributed by atoms with van der Waals surface area (Å²) in [5.41, 5.74) is 6.58. The van der Waals surface area contributed by atoms with Gasteiger partial charge in [-0.25, -0.2) is 4.99 Å². The molecule has 0 saturated carbocycles. The number of para-hydroxylation sites is 1. The fourth-order valence-corrected chi connectivity index (χ4v) is 5.38. The Balaban J connectivity index is 1.35. The van der Waals surface area contributed by atoms with E-state index in [0.717, 1.165) is 38.7 Å². The molecule has 6 heteroatoms. The molecule has 4 aromatic carbocycles. The molecule has 0 atom stereocenters. The van der Waals surface area contributed by atoms with Crippen LogP contribution in [0.5, 0.6) is 0 Å². The molecule has 1 aliphatic rings. The van der Waals surface area contributed by atoms with Crippen molar-refractivity contribution in [1.29, 1.82) is 0 Å². The number of aromatic nitrogens is 1. The minimum Gasteiger partial charge on any atom is -0.300 e. The second kappa shape index (κ2) is 10.1. The highest BCUT2D eigenvalue weighted by molar-refractivity contribution is 8.18. The topological polar surface area (TPSA) is 54.4 Å². The molecule has 1 amide bonds. The number of hydrogen-bond donors (Lipinski definition) is 1. The predicted octanol–water partition coefficient (Wildman–Crippen LogP) is 8.11. The Morgan fingerprint density at radius 2 is 1.54 bits per heavy atom. The lowest BCUT2D eigenvalue weighted by atomic mass is 10.00. The highest BCUT2D eigenvalue weighted by atomic mass is 35.5. The molecule has 0 bridgehead atoms. The van der Waals surface area contributed by atoms with Gasteiger partial charge in [0.2, 0.25) is 0 Å². The third-order valence-corrected chi connectivity index (χ3v) is 7.30.